The first kappa shape index (κ1) is 18.8. The minimum absolute atomic E-state index is 0.0938. The molecule has 0 spiro atoms. The molecule has 2 aromatic carbocycles. The van der Waals surface area contributed by atoms with Crippen LogP contribution >= 0.6 is 55.1 Å². The van der Waals surface area contributed by atoms with Crippen LogP contribution in [0.5, 0.6) is 0 Å². The summed E-state index contributed by atoms with van der Waals surface area (Å²) in [6.45, 7) is 0. The van der Waals surface area contributed by atoms with Gasteiger partial charge in [-0.25, -0.2) is 0 Å². The molecule has 2 rings (SSSR count). The molecular weight excluding hydrogens is 463 g/mol. The molecule has 0 aromatic heterocycles. The van der Waals surface area contributed by atoms with Gasteiger partial charge >= 0.3 is 0 Å². The van der Waals surface area contributed by atoms with Gasteiger partial charge in [-0.15, -0.1) is 0 Å². The zero-order chi connectivity index (χ0) is 17.0. The van der Waals surface area contributed by atoms with Crippen LogP contribution in [0.2, 0.25) is 10.0 Å². The Morgan fingerprint density at radius 1 is 0.864 bits per heavy atom. The standard InChI is InChI=1S/C6H4BrClN2O2.C6H6BrClN2/c7-3-1-5(9)6(10(11)12)2-4(3)8;7-3-1-5(9)6(10)2-4(3)8/h1-2H,9H2;1-2H,9-10H2. The number of nitro benzene ring substituents is 1. The molecule has 0 aliphatic heterocycles. The van der Waals surface area contributed by atoms with Gasteiger partial charge in [0.2, 0.25) is 0 Å². The second kappa shape index (κ2) is 7.87. The van der Waals surface area contributed by atoms with E-state index in [4.69, 9.17) is 40.4 Å². The first-order valence-corrected chi connectivity index (χ1v) is 7.86. The molecule has 10 heteroatoms. The summed E-state index contributed by atoms with van der Waals surface area (Å²) in [5.74, 6) is 0. The second-order valence-electron chi connectivity index (χ2n) is 3.98. The fraction of sp³-hybridized carbons (Fsp3) is 0. The third-order valence-corrected chi connectivity index (χ3v) is 4.79. The number of hydrogen-bond acceptors (Lipinski definition) is 5. The quantitative estimate of drug-likeness (QED) is 0.311. The van der Waals surface area contributed by atoms with Crippen molar-refractivity contribution in [1.82, 2.24) is 0 Å². The highest BCUT2D eigenvalue weighted by Gasteiger charge is 2.13. The summed E-state index contributed by atoms with van der Waals surface area (Å²) >= 11 is 17.6. The zero-order valence-corrected chi connectivity index (χ0v) is 15.5. The summed E-state index contributed by atoms with van der Waals surface area (Å²) in [6.07, 6.45) is 0. The van der Waals surface area contributed by atoms with Crippen molar-refractivity contribution in [3.63, 3.8) is 0 Å². The molecule has 0 amide bonds. The average molecular weight is 473 g/mol. The van der Waals surface area contributed by atoms with E-state index in [9.17, 15) is 10.1 Å². The predicted molar refractivity (Wildman–Crippen MR) is 98.2 cm³/mol. The SMILES string of the molecule is Nc1cc(Br)c(Cl)cc1[N+](=O)[O-].Nc1cc(Cl)c(Br)cc1N. The van der Waals surface area contributed by atoms with Gasteiger partial charge in [-0.3, -0.25) is 10.1 Å². The molecule has 2 aromatic rings. The van der Waals surface area contributed by atoms with E-state index in [1.807, 2.05) is 0 Å². The Labute approximate surface area is 153 Å². The normalized spacial score (nSPS) is 9.82. The van der Waals surface area contributed by atoms with Gasteiger partial charge in [0.15, 0.2) is 0 Å². The van der Waals surface area contributed by atoms with Gasteiger partial charge in [-0.1, -0.05) is 23.2 Å². The van der Waals surface area contributed by atoms with Gasteiger partial charge in [0.05, 0.1) is 26.3 Å². The topological polar surface area (TPSA) is 121 Å². The molecule has 0 radical (unpaired) electrons. The smallest absolute Gasteiger partial charge is 0.293 e. The number of nitrogen functional groups attached to an aromatic ring is 3. The van der Waals surface area contributed by atoms with Gasteiger partial charge in [0.25, 0.3) is 5.69 Å². The summed E-state index contributed by atoms with van der Waals surface area (Å²) in [7, 11) is 0. The number of anilines is 3. The summed E-state index contributed by atoms with van der Waals surface area (Å²) < 4.78 is 1.31. The van der Waals surface area contributed by atoms with Crippen molar-refractivity contribution in [2.24, 2.45) is 0 Å². The van der Waals surface area contributed by atoms with Gasteiger partial charge in [0, 0.05) is 15.0 Å². The molecule has 0 unspecified atom stereocenters. The molecule has 0 aliphatic rings. The molecule has 22 heavy (non-hydrogen) atoms. The zero-order valence-electron chi connectivity index (χ0n) is 10.8. The lowest BCUT2D eigenvalue weighted by Crippen LogP contribution is -1.95. The van der Waals surface area contributed by atoms with Crippen molar-refractivity contribution in [3.8, 4) is 0 Å². The van der Waals surface area contributed by atoms with E-state index >= 15 is 0 Å². The lowest BCUT2D eigenvalue weighted by molar-refractivity contribution is -0.383. The fourth-order valence-electron chi connectivity index (χ4n) is 1.29. The first-order chi connectivity index (χ1) is 10.1. The van der Waals surface area contributed by atoms with E-state index in [2.05, 4.69) is 31.9 Å². The summed E-state index contributed by atoms with van der Waals surface area (Å²) in [5, 5.41) is 11.2. The third-order valence-electron chi connectivity index (χ3n) is 2.39. The maximum Gasteiger partial charge on any atom is 0.293 e. The van der Waals surface area contributed by atoms with Crippen molar-refractivity contribution in [3.05, 3.63) is 53.4 Å². The van der Waals surface area contributed by atoms with Crippen molar-refractivity contribution in [1.29, 1.82) is 0 Å². The van der Waals surface area contributed by atoms with Crippen LogP contribution in [0.25, 0.3) is 0 Å². The Kier molecular flexibility index (Phi) is 6.73. The second-order valence-corrected chi connectivity index (χ2v) is 6.50. The number of nitro groups is 1. The molecule has 0 saturated carbocycles. The highest BCUT2D eigenvalue weighted by molar-refractivity contribution is 9.10. The summed E-state index contributed by atoms with van der Waals surface area (Å²) in [5.41, 5.74) is 17.3. The van der Waals surface area contributed by atoms with Crippen molar-refractivity contribution >= 4 is 77.8 Å². The Morgan fingerprint density at radius 3 is 1.73 bits per heavy atom. The molecule has 0 heterocycles. The van der Waals surface area contributed by atoms with Crippen LogP contribution in [0.3, 0.4) is 0 Å². The minimum atomic E-state index is -0.576. The first-order valence-electron chi connectivity index (χ1n) is 5.52. The Morgan fingerprint density at radius 2 is 1.27 bits per heavy atom. The largest absolute Gasteiger partial charge is 0.397 e. The highest BCUT2D eigenvalue weighted by Crippen LogP contribution is 2.32. The monoisotopic (exact) mass is 470 g/mol. The Bertz CT molecular complexity index is 679. The lowest BCUT2D eigenvalue weighted by atomic mass is 10.3. The summed E-state index contributed by atoms with van der Waals surface area (Å²) in [4.78, 5) is 9.76. The van der Waals surface area contributed by atoms with Crippen LogP contribution in [0.1, 0.15) is 0 Å². The van der Waals surface area contributed by atoms with Crippen LogP contribution in [0.4, 0.5) is 22.7 Å². The molecule has 118 valence electrons. The molecule has 6 N–H and O–H groups in total. The van der Waals surface area contributed by atoms with E-state index in [0.717, 1.165) is 4.47 Å². The van der Waals surface area contributed by atoms with Crippen molar-refractivity contribution < 1.29 is 4.92 Å². The lowest BCUT2D eigenvalue weighted by Gasteiger charge is -2.01. The molecular formula is C12H10Br2Cl2N4O2. The summed E-state index contributed by atoms with van der Waals surface area (Å²) in [6, 6.07) is 5.90. The van der Waals surface area contributed by atoms with Gasteiger partial charge in [0.1, 0.15) is 5.69 Å². The Balaban J connectivity index is 0.000000224. The third kappa shape index (κ3) is 4.91. The van der Waals surface area contributed by atoms with E-state index in [1.165, 1.54) is 12.1 Å². The number of nitrogens with two attached hydrogens (primary N) is 3. The maximum atomic E-state index is 10.3. The van der Waals surface area contributed by atoms with E-state index in [0.29, 0.717) is 20.9 Å². The van der Waals surface area contributed by atoms with Gasteiger partial charge in [-0.2, -0.15) is 0 Å². The molecule has 0 saturated heterocycles. The van der Waals surface area contributed by atoms with Gasteiger partial charge in [-0.05, 0) is 50.1 Å². The van der Waals surface area contributed by atoms with E-state index < -0.39 is 4.92 Å². The maximum absolute atomic E-state index is 10.3. The van der Waals surface area contributed by atoms with E-state index in [-0.39, 0.29) is 16.4 Å². The predicted octanol–water partition coefficient (Wildman–Crippen LogP) is 4.86. The molecule has 0 bridgehead atoms. The molecule has 0 aliphatic carbocycles. The van der Waals surface area contributed by atoms with Crippen LogP contribution in [-0.4, -0.2) is 4.92 Å². The van der Waals surface area contributed by atoms with Gasteiger partial charge < -0.3 is 17.2 Å². The number of nitrogens with zero attached hydrogens (tertiary/aromatic N) is 1. The van der Waals surface area contributed by atoms with Crippen molar-refractivity contribution in [2.75, 3.05) is 17.2 Å². The molecule has 6 nitrogen and oxygen atoms in total. The number of halogens is 4. The average Bonchev–Trinajstić information content (AvgIpc) is 2.41. The van der Waals surface area contributed by atoms with Crippen molar-refractivity contribution in [2.45, 2.75) is 0 Å². The number of rotatable bonds is 1. The minimum Gasteiger partial charge on any atom is -0.397 e. The van der Waals surface area contributed by atoms with Crippen LogP contribution in [0, 0.1) is 10.1 Å². The van der Waals surface area contributed by atoms with Crippen LogP contribution in [0.15, 0.2) is 33.2 Å². The Hall–Kier alpha value is -1.22. The molecule has 0 fully saturated rings. The van der Waals surface area contributed by atoms with Crippen LogP contribution in [-0.2, 0) is 0 Å². The number of hydrogen-bond donors (Lipinski definition) is 3. The fourth-order valence-corrected chi connectivity index (χ4v) is 2.34. The highest BCUT2D eigenvalue weighted by atomic mass is 79.9. The number of benzene rings is 2. The van der Waals surface area contributed by atoms with E-state index in [1.54, 1.807) is 12.1 Å². The molecule has 0 atom stereocenters. The van der Waals surface area contributed by atoms with Crippen LogP contribution < -0.4 is 17.2 Å².